The van der Waals surface area contributed by atoms with Crippen LogP contribution in [0.2, 0.25) is 0 Å². The number of rotatable bonds is 6. The fourth-order valence-corrected chi connectivity index (χ4v) is 2.92. The fourth-order valence-electron chi connectivity index (χ4n) is 2.92. The zero-order valence-electron chi connectivity index (χ0n) is 13.6. The average molecular weight is 306 g/mol. The first-order chi connectivity index (χ1) is 10.7. The topological polar surface area (TPSA) is 39.7 Å². The van der Waals surface area contributed by atoms with Crippen molar-refractivity contribution in [2.75, 3.05) is 27.2 Å². The number of nitrogens with zero attached hydrogens (tertiary/aromatic N) is 2. The minimum atomic E-state index is -0.189. The molecule has 5 heteroatoms. The first-order valence-electron chi connectivity index (χ1n) is 8.09. The molecule has 0 unspecified atom stereocenters. The van der Waals surface area contributed by atoms with Crippen LogP contribution in [0.5, 0.6) is 0 Å². The minimum absolute atomic E-state index is 0.189. The van der Waals surface area contributed by atoms with Gasteiger partial charge in [0.15, 0.2) is 5.96 Å². The van der Waals surface area contributed by atoms with Crippen LogP contribution in [-0.4, -0.2) is 44.1 Å². The lowest BCUT2D eigenvalue weighted by Crippen LogP contribution is -2.42. The van der Waals surface area contributed by atoms with Gasteiger partial charge in [-0.1, -0.05) is 31.0 Å². The predicted molar refractivity (Wildman–Crippen MR) is 89.5 cm³/mol. The molecule has 22 heavy (non-hydrogen) atoms. The predicted octanol–water partition coefficient (Wildman–Crippen LogP) is 2.37. The van der Waals surface area contributed by atoms with E-state index in [0.717, 1.165) is 19.1 Å². The van der Waals surface area contributed by atoms with Gasteiger partial charge in [0.05, 0.1) is 0 Å². The van der Waals surface area contributed by atoms with Crippen LogP contribution >= 0.6 is 0 Å². The van der Waals surface area contributed by atoms with Crippen LogP contribution < -0.4 is 10.6 Å². The Morgan fingerprint density at radius 3 is 2.68 bits per heavy atom. The summed E-state index contributed by atoms with van der Waals surface area (Å²) in [6.45, 7) is 2.26. The van der Waals surface area contributed by atoms with Crippen LogP contribution in [0, 0.1) is 5.82 Å². The van der Waals surface area contributed by atoms with E-state index in [4.69, 9.17) is 0 Å². The third-order valence-electron chi connectivity index (χ3n) is 4.33. The number of likely N-dealkylation sites (N-methyl/N-ethyl adjacent to an activating group) is 1. The number of hydrogen-bond donors (Lipinski definition) is 2. The van der Waals surface area contributed by atoms with Crippen molar-refractivity contribution in [1.29, 1.82) is 0 Å². The van der Waals surface area contributed by atoms with E-state index < -0.39 is 0 Å². The standard InChI is InChI=1S/C17H27FN4/c1-19-17(21-13-14-7-3-6-10-16(14)18)20-11-12-22(2)15-8-4-5-9-15/h3,6-7,10,15H,4-5,8-9,11-13H2,1-2H3,(H2,19,20,21). The second-order valence-electron chi connectivity index (χ2n) is 5.86. The Balaban J connectivity index is 1.70. The Kier molecular flexibility index (Phi) is 6.65. The van der Waals surface area contributed by atoms with Gasteiger partial charge in [0.25, 0.3) is 0 Å². The maximum absolute atomic E-state index is 13.6. The third-order valence-corrected chi connectivity index (χ3v) is 4.33. The molecule has 1 aromatic rings. The van der Waals surface area contributed by atoms with Gasteiger partial charge in [-0.25, -0.2) is 4.39 Å². The molecule has 0 heterocycles. The summed E-state index contributed by atoms with van der Waals surface area (Å²) < 4.78 is 13.6. The van der Waals surface area contributed by atoms with E-state index in [0.29, 0.717) is 18.1 Å². The molecule has 0 spiro atoms. The minimum Gasteiger partial charge on any atom is -0.355 e. The van der Waals surface area contributed by atoms with Crippen LogP contribution in [-0.2, 0) is 6.54 Å². The third kappa shape index (κ3) is 4.98. The molecule has 0 atom stereocenters. The highest BCUT2D eigenvalue weighted by atomic mass is 19.1. The largest absolute Gasteiger partial charge is 0.355 e. The molecular weight excluding hydrogens is 279 g/mol. The van der Waals surface area contributed by atoms with Crippen LogP contribution in [0.15, 0.2) is 29.3 Å². The van der Waals surface area contributed by atoms with E-state index in [1.807, 2.05) is 6.07 Å². The number of hydrogen-bond acceptors (Lipinski definition) is 2. The van der Waals surface area contributed by atoms with Gasteiger partial charge in [0.2, 0.25) is 0 Å². The molecule has 0 bridgehead atoms. The van der Waals surface area contributed by atoms with E-state index in [1.165, 1.54) is 31.7 Å². The molecule has 4 nitrogen and oxygen atoms in total. The van der Waals surface area contributed by atoms with Crippen LogP contribution in [0.1, 0.15) is 31.2 Å². The lowest BCUT2D eigenvalue weighted by Gasteiger charge is -2.24. The summed E-state index contributed by atoms with van der Waals surface area (Å²) in [6, 6.07) is 7.53. The molecule has 1 aliphatic carbocycles. The van der Waals surface area contributed by atoms with Gasteiger partial charge in [-0.2, -0.15) is 0 Å². The van der Waals surface area contributed by atoms with Crippen molar-refractivity contribution >= 4 is 5.96 Å². The van der Waals surface area contributed by atoms with Crippen molar-refractivity contribution in [2.24, 2.45) is 4.99 Å². The number of aliphatic imine (C=N–C) groups is 1. The van der Waals surface area contributed by atoms with Gasteiger partial charge in [-0.05, 0) is 26.0 Å². The average Bonchev–Trinajstić information content (AvgIpc) is 3.06. The monoisotopic (exact) mass is 306 g/mol. The molecule has 0 saturated heterocycles. The summed E-state index contributed by atoms with van der Waals surface area (Å²) in [7, 11) is 3.92. The Labute approximate surface area is 132 Å². The maximum atomic E-state index is 13.6. The number of halogens is 1. The van der Waals surface area contributed by atoms with Gasteiger partial charge >= 0.3 is 0 Å². The van der Waals surface area contributed by atoms with Gasteiger partial charge < -0.3 is 15.5 Å². The van der Waals surface area contributed by atoms with Crippen molar-refractivity contribution in [1.82, 2.24) is 15.5 Å². The molecule has 2 N–H and O–H groups in total. The maximum Gasteiger partial charge on any atom is 0.191 e. The Morgan fingerprint density at radius 2 is 2.00 bits per heavy atom. The first-order valence-corrected chi connectivity index (χ1v) is 8.09. The molecule has 2 rings (SSSR count). The second kappa shape index (κ2) is 8.73. The summed E-state index contributed by atoms with van der Waals surface area (Å²) in [5.74, 6) is 0.523. The molecule has 0 amide bonds. The van der Waals surface area contributed by atoms with Crippen molar-refractivity contribution in [2.45, 2.75) is 38.3 Å². The van der Waals surface area contributed by atoms with E-state index in [1.54, 1.807) is 19.2 Å². The highest BCUT2D eigenvalue weighted by molar-refractivity contribution is 5.79. The van der Waals surface area contributed by atoms with Crippen LogP contribution in [0.3, 0.4) is 0 Å². The van der Waals surface area contributed by atoms with Crippen molar-refractivity contribution in [3.63, 3.8) is 0 Å². The highest BCUT2D eigenvalue weighted by Crippen LogP contribution is 2.21. The zero-order valence-corrected chi connectivity index (χ0v) is 13.6. The quantitative estimate of drug-likeness (QED) is 0.626. The molecule has 1 aromatic carbocycles. The van der Waals surface area contributed by atoms with E-state index in [2.05, 4.69) is 27.6 Å². The number of guanidine groups is 1. The van der Waals surface area contributed by atoms with Crippen molar-refractivity contribution < 1.29 is 4.39 Å². The molecule has 1 saturated carbocycles. The van der Waals surface area contributed by atoms with Gasteiger partial charge in [0, 0.05) is 38.3 Å². The molecule has 0 aliphatic heterocycles. The Morgan fingerprint density at radius 1 is 1.27 bits per heavy atom. The normalized spacial score (nSPS) is 16.3. The Bertz CT molecular complexity index is 483. The van der Waals surface area contributed by atoms with Gasteiger partial charge in [0.1, 0.15) is 5.82 Å². The second-order valence-corrected chi connectivity index (χ2v) is 5.86. The molecular formula is C17H27FN4. The zero-order chi connectivity index (χ0) is 15.8. The first kappa shape index (κ1) is 16.7. The summed E-state index contributed by atoms with van der Waals surface area (Å²) >= 11 is 0. The number of nitrogens with one attached hydrogen (secondary N) is 2. The lowest BCUT2D eigenvalue weighted by molar-refractivity contribution is 0.249. The van der Waals surface area contributed by atoms with Gasteiger partial charge in [-0.15, -0.1) is 0 Å². The summed E-state index contributed by atoms with van der Waals surface area (Å²) in [6.07, 6.45) is 5.34. The molecule has 0 radical (unpaired) electrons. The van der Waals surface area contributed by atoms with E-state index >= 15 is 0 Å². The van der Waals surface area contributed by atoms with Crippen LogP contribution in [0.25, 0.3) is 0 Å². The number of benzene rings is 1. The van der Waals surface area contributed by atoms with Crippen molar-refractivity contribution in [3.05, 3.63) is 35.6 Å². The van der Waals surface area contributed by atoms with Gasteiger partial charge in [-0.3, -0.25) is 4.99 Å². The smallest absolute Gasteiger partial charge is 0.191 e. The summed E-state index contributed by atoms with van der Waals surface area (Å²) in [5.41, 5.74) is 0.647. The molecule has 122 valence electrons. The van der Waals surface area contributed by atoms with Crippen LogP contribution in [0.4, 0.5) is 4.39 Å². The van der Waals surface area contributed by atoms with E-state index in [9.17, 15) is 4.39 Å². The SMILES string of the molecule is CN=C(NCCN(C)C1CCCC1)NCc1ccccc1F. The highest BCUT2D eigenvalue weighted by Gasteiger charge is 2.18. The Hall–Kier alpha value is -1.62. The van der Waals surface area contributed by atoms with E-state index in [-0.39, 0.29) is 5.82 Å². The fraction of sp³-hybridized carbons (Fsp3) is 0.588. The van der Waals surface area contributed by atoms with Crippen molar-refractivity contribution in [3.8, 4) is 0 Å². The summed E-state index contributed by atoms with van der Waals surface area (Å²) in [4.78, 5) is 6.60. The molecule has 0 aromatic heterocycles. The lowest BCUT2D eigenvalue weighted by atomic mass is 10.2. The molecule has 1 fully saturated rings. The summed E-state index contributed by atoms with van der Waals surface area (Å²) in [5, 5.41) is 6.44. The molecule has 1 aliphatic rings.